The molecule has 0 aromatic rings. The minimum atomic E-state index is -0.366. The number of halogens is 3. The molecule has 1 aliphatic carbocycles. The minimum absolute atomic E-state index is 0.00829. The van der Waals surface area contributed by atoms with Gasteiger partial charge in [-0.05, 0) is 24.3 Å². The number of aliphatic hydroxyl groups is 1. The second-order valence-electron chi connectivity index (χ2n) is 6.13. The summed E-state index contributed by atoms with van der Waals surface area (Å²) in [6.45, 7) is 2.12. The van der Waals surface area contributed by atoms with Gasteiger partial charge in [0.1, 0.15) is 0 Å². The lowest BCUT2D eigenvalue weighted by Gasteiger charge is -2.34. The van der Waals surface area contributed by atoms with Crippen molar-refractivity contribution in [2.45, 2.75) is 59.9 Å². The van der Waals surface area contributed by atoms with Gasteiger partial charge in [-0.15, -0.1) is 5.73 Å². The second kappa shape index (κ2) is 6.76. The van der Waals surface area contributed by atoms with Crippen LogP contribution < -0.4 is 0 Å². The summed E-state index contributed by atoms with van der Waals surface area (Å²) in [5, 5.41) is 10.6. The van der Waals surface area contributed by atoms with Gasteiger partial charge in [0.05, 0.1) is 35.3 Å². The van der Waals surface area contributed by atoms with Crippen molar-refractivity contribution in [2.24, 2.45) is 11.8 Å². The van der Waals surface area contributed by atoms with Gasteiger partial charge in [-0.2, -0.15) is 0 Å². The summed E-state index contributed by atoms with van der Waals surface area (Å²) in [5.41, 5.74) is 3.01. The predicted molar refractivity (Wildman–Crippen MR) is 92.2 cm³/mol. The molecule has 9 atom stereocenters. The molecule has 0 aromatic heterocycles. The molecular formula is C15H19Br3O3. The molecule has 1 saturated carbocycles. The molecule has 0 spiro atoms. The number of fused-ring (bicyclic) bond motifs is 2. The van der Waals surface area contributed by atoms with E-state index in [2.05, 4.69) is 60.4 Å². The summed E-state index contributed by atoms with van der Waals surface area (Å²) in [6.07, 6.45) is 3.41. The Morgan fingerprint density at radius 3 is 2.71 bits per heavy atom. The molecule has 3 fully saturated rings. The Hall–Kier alpha value is 0.840. The summed E-state index contributed by atoms with van der Waals surface area (Å²) in [6, 6.07) is 0. The van der Waals surface area contributed by atoms with Gasteiger partial charge in [-0.25, -0.2) is 0 Å². The maximum Gasteiger partial charge on any atom is 0.0996 e. The van der Waals surface area contributed by atoms with Gasteiger partial charge >= 0.3 is 0 Å². The number of hydrogen-bond donors (Lipinski definition) is 1. The van der Waals surface area contributed by atoms with Gasteiger partial charge in [-0.3, -0.25) is 0 Å². The first kappa shape index (κ1) is 16.7. The van der Waals surface area contributed by atoms with Crippen molar-refractivity contribution in [3.05, 3.63) is 16.8 Å². The van der Waals surface area contributed by atoms with E-state index in [4.69, 9.17) is 9.47 Å². The first-order valence-electron chi connectivity index (χ1n) is 7.31. The van der Waals surface area contributed by atoms with Crippen molar-refractivity contribution in [1.82, 2.24) is 0 Å². The zero-order valence-electron chi connectivity index (χ0n) is 11.7. The minimum Gasteiger partial charge on any atom is -0.392 e. The van der Waals surface area contributed by atoms with E-state index < -0.39 is 0 Å². The fourth-order valence-corrected chi connectivity index (χ4v) is 5.09. The van der Waals surface area contributed by atoms with Crippen molar-refractivity contribution >= 4 is 47.8 Å². The summed E-state index contributed by atoms with van der Waals surface area (Å²) in [5.74, 6) is 0.772. The maximum absolute atomic E-state index is 10.6. The average molecular weight is 487 g/mol. The topological polar surface area (TPSA) is 38.7 Å². The number of hydrogen-bond acceptors (Lipinski definition) is 3. The molecule has 2 saturated heterocycles. The van der Waals surface area contributed by atoms with Gasteiger partial charge in [-0.1, -0.05) is 54.7 Å². The van der Waals surface area contributed by atoms with Crippen LogP contribution in [0.25, 0.3) is 0 Å². The van der Waals surface area contributed by atoms with Gasteiger partial charge in [0.15, 0.2) is 0 Å². The highest BCUT2D eigenvalue weighted by molar-refractivity contribution is 9.11. The first-order chi connectivity index (χ1) is 10.0. The lowest BCUT2D eigenvalue weighted by molar-refractivity contribution is -0.0869. The second-order valence-corrected chi connectivity index (χ2v) is 9.09. The molecule has 3 rings (SSSR count). The zero-order chi connectivity index (χ0) is 15.1. The SMILES string of the molecule is C[C@H](Br)[C@@H]1O[C@@H]2C[C@@H](C=C=CBr)O[C@@H]2[C@@H](Br)[C@@H](O)[C@H]2C[C@H]21. The Morgan fingerprint density at radius 2 is 2.05 bits per heavy atom. The first-order valence-corrected chi connectivity index (χ1v) is 10.1. The Kier molecular flexibility index (Phi) is 5.37. The molecule has 3 nitrogen and oxygen atoms in total. The Balaban J connectivity index is 1.80. The lowest BCUT2D eigenvalue weighted by Crippen LogP contribution is -2.46. The number of aliphatic hydroxyl groups excluding tert-OH is 1. The molecule has 21 heavy (non-hydrogen) atoms. The van der Waals surface area contributed by atoms with E-state index in [-0.39, 0.29) is 40.2 Å². The standard InChI is InChI=1S/C15H19Br3O3/c1-7(17)14-10-6-9(10)13(19)12(18)15-11(21-14)5-8(20-15)3-2-4-16/h3-4,7-15,19H,5-6H2,1H3/t2?,7-,8+,9-,10+,11+,12-,13-,14-,15-/m0/s1. The zero-order valence-corrected chi connectivity index (χ0v) is 16.4. The molecule has 1 N–H and O–H groups in total. The van der Waals surface area contributed by atoms with E-state index in [1.807, 2.05) is 6.08 Å². The van der Waals surface area contributed by atoms with Gasteiger partial charge in [0.25, 0.3) is 0 Å². The monoisotopic (exact) mass is 484 g/mol. The molecule has 0 radical (unpaired) electrons. The molecule has 6 heteroatoms. The van der Waals surface area contributed by atoms with Gasteiger partial charge in [0, 0.05) is 16.2 Å². The number of rotatable bonds is 2. The molecule has 0 aromatic carbocycles. The van der Waals surface area contributed by atoms with E-state index in [1.54, 1.807) is 4.99 Å². The van der Waals surface area contributed by atoms with Crippen molar-refractivity contribution in [3.8, 4) is 0 Å². The van der Waals surface area contributed by atoms with E-state index in [0.717, 1.165) is 12.8 Å². The highest BCUT2D eigenvalue weighted by Crippen LogP contribution is 2.52. The Labute approximate surface area is 150 Å². The summed E-state index contributed by atoms with van der Waals surface area (Å²) >= 11 is 10.5. The third-order valence-corrected chi connectivity index (χ3v) is 6.53. The van der Waals surface area contributed by atoms with Gasteiger partial charge in [0.2, 0.25) is 0 Å². The molecule has 0 bridgehead atoms. The number of ether oxygens (including phenoxy) is 2. The van der Waals surface area contributed by atoms with Gasteiger partial charge < -0.3 is 14.6 Å². The van der Waals surface area contributed by atoms with E-state index in [0.29, 0.717) is 11.8 Å². The predicted octanol–water partition coefficient (Wildman–Crippen LogP) is 3.52. The number of alkyl halides is 2. The molecule has 118 valence electrons. The van der Waals surface area contributed by atoms with Crippen LogP contribution >= 0.6 is 47.8 Å². The third kappa shape index (κ3) is 3.37. The highest BCUT2D eigenvalue weighted by Gasteiger charge is 2.56. The lowest BCUT2D eigenvalue weighted by atomic mass is 9.97. The van der Waals surface area contributed by atoms with E-state index in [9.17, 15) is 5.11 Å². The van der Waals surface area contributed by atoms with Crippen LogP contribution in [0, 0.1) is 11.8 Å². The van der Waals surface area contributed by atoms with Crippen LogP contribution in [-0.4, -0.2) is 45.3 Å². The fraction of sp³-hybridized carbons (Fsp3) is 0.800. The van der Waals surface area contributed by atoms with E-state index >= 15 is 0 Å². The van der Waals surface area contributed by atoms with Crippen molar-refractivity contribution < 1.29 is 14.6 Å². The molecular weight excluding hydrogens is 468 g/mol. The average Bonchev–Trinajstić information content (AvgIpc) is 3.13. The van der Waals surface area contributed by atoms with Crippen LogP contribution in [0.1, 0.15) is 19.8 Å². The summed E-state index contributed by atoms with van der Waals surface area (Å²) in [4.78, 5) is 1.90. The molecule has 2 aliphatic heterocycles. The normalized spacial score (nSPS) is 50.0. The molecule has 2 heterocycles. The summed E-state index contributed by atoms with van der Waals surface area (Å²) in [7, 11) is 0. The molecule has 3 aliphatic rings. The van der Waals surface area contributed by atoms with Crippen molar-refractivity contribution in [1.29, 1.82) is 0 Å². The maximum atomic E-state index is 10.6. The molecule has 0 unspecified atom stereocenters. The largest absolute Gasteiger partial charge is 0.392 e. The Bertz CT molecular complexity index is 449. The van der Waals surface area contributed by atoms with Crippen LogP contribution in [0.15, 0.2) is 16.8 Å². The van der Waals surface area contributed by atoms with Crippen LogP contribution in [0.2, 0.25) is 0 Å². The Morgan fingerprint density at radius 1 is 1.29 bits per heavy atom. The highest BCUT2D eigenvalue weighted by atomic mass is 79.9. The van der Waals surface area contributed by atoms with E-state index in [1.165, 1.54) is 0 Å². The van der Waals surface area contributed by atoms with Crippen LogP contribution in [0.4, 0.5) is 0 Å². The quantitative estimate of drug-likeness (QED) is 0.479. The van der Waals surface area contributed by atoms with Crippen molar-refractivity contribution in [3.63, 3.8) is 0 Å². The van der Waals surface area contributed by atoms with Crippen LogP contribution in [-0.2, 0) is 9.47 Å². The third-order valence-electron chi connectivity index (χ3n) is 4.68. The fourth-order valence-electron chi connectivity index (χ4n) is 3.56. The van der Waals surface area contributed by atoms with Crippen LogP contribution in [0.5, 0.6) is 0 Å². The van der Waals surface area contributed by atoms with Crippen molar-refractivity contribution in [2.75, 3.05) is 0 Å². The summed E-state index contributed by atoms with van der Waals surface area (Å²) < 4.78 is 12.5. The molecule has 0 amide bonds. The smallest absolute Gasteiger partial charge is 0.0996 e. The van der Waals surface area contributed by atoms with Crippen LogP contribution in [0.3, 0.4) is 0 Å².